The Bertz CT molecular complexity index is 743. The molecular formula is C19H21FN2O3. The molecule has 0 spiro atoms. The average Bonchev–Trinajstić information content (AvgIpc) is 2.55. The molecule has 0 aliphatic carbocycles. The van der Waals surface area contributed by atoms with Crippen molar-refractivity contribution in [1.82, 2.24) is 10.3 Å². The van der Waals surface area contributed by atoms with Crippen molar-refractivity contribution in [3.8, 4) is 17.4 Å². The summed E-state index contributed by atoms with van der Waals surface area (Å²) in [6, 6.07) is 7.79. The fourth-order valence-corrected chi connectivity index (χ4v) is 1.97. The van der Waals surface area contributed by atoms with Gasteiger partial charge in [0.1, 0.15) is 5.75 Å². The zero-order chi connectivity index (χ0) is 18.2. The van der Waals surface area contributed by atoms with Gasteiger partial charge in [-0.3, -0.25) is 4.79 Å². The number of nitrogens with zero attached hydrogens (tertiary/aromatic N) is 1. The molecule has 0 aliphatic heterocycles. The lowest BCUT2D eigenvalue weighted by Gasteiger charge is -2.12. The lowest BCUT2D eigenvalue weighted by Crippen LogP contribution is -2.19. The number of benzene rings is 1. The molecule has 2 aromatic rings. The van der Waals surface area contributed by atoms with E-state index in [9.17, 15) is 9.18 Å². The number of amides is 1. The Morgan fingerprint density at radius 2 is 2.12 bits per heavy atom. The van der Waals surface area contributed by atoms with Crippen molar-refractivity contribution < 1.29 is 18.7 Å². The molecule has 0 saturated carbocycles. The average molecular weight is 344 g/mol. The minimum atomic E-state index is -0.489. The number of hydrogen-bond donors (Lipinski definition) is 1. The van der Waals surface area contributed by atoms with Crippen LogP contribution in [0, 0.1) is 5.82 Å². The van der Waals surface area contributed by atoms with Crippen LogP contribution in [0.15, 0.2) is 42.6 Å². The van der Waals surface area contributed by atoms with Crippen LogP contribution >= 0.6 is 0 Å². The van der Waals surface area contributed by atoms with Crippen molar-refractivity contribution in [3.05, 3.63) is 54.0 Å². The van der Waals surface area contributed by atoms with E-state index in [2.05, 4.69) is 10.3 Å². The second-order valence-corrected chi connectivity index (χ2v) is 5.63. The van der Waals surface area contributed by atoms with Crippen molar-refractivity contribution in [2.45, 2.75) is 26.9 Å². The van der Waals surface area contributed by atoms with Gasteiger partial charge in [-0.05, 0) is 37.6 Å². The van der Waals surface area contributed by atoms with Crippen LogP contribution in [-0.4, -0.2) is 23.5 Å². The summed E-state index contributed by atoms with van der Waals surface area (Å²) >= 11 is 0. The normalized spacial score (nSPS) is 10.9. The maximum Gasteiger partial charge on any atom is 0.219 e. The third-order valence-electron chi connectivity index (χ3n) is 3.03. The molecule has 0 fully saturated rings. The van der Waals surface area contributed by atoms with Gasteiger partial charge < -0.3 is 14.8 Å². The van der Waals surface area contributed by atoms with E-state index in [1.807, 2.05) is 26.0 Å². The predicted molar refractivity (Wildman–Crippen MR) is 94.2 cm³/mol. The highest BCUT2D eigenvalue weighted by atomic mass is 19.1. The Morgan fingerprint density at radius 3 is 2.76 bits per heavy atom. The van der Waals surface area contributed by atoms with Gasteiger partial charge in [0.15, 0.2) is 11.6 Å². The topological polar surface area (TPSA) is 60.5 Å². The van der Waals surface area contributed by atoms with Crippen LogP contribution in [0.5, 0.6) is 17.4 Å². The second kappa shape index (κ2) is 8.82. The molecule has 1 aromatic heterocycles. The molecule has 1 amide bonds. The molecule has 1 heterocycles. The van der Waals surface area contributed by atoms with Gasteiger partial charge in [0.2, 0.25) is 11.8 Å². The van der Waals surface area contributed by atoms with Crippen molar-refractivity contribution >= 4 is 12.0 Å². The van der Waals surface area contributed by atoms with E-state index in [-0.39, 0.29) is 23.6 Å². The first-order valence-corrected chi connectivity index (χ1v) is 7.95. The Balaban J connectivity index is 2.02. The summed E-state index contributed by atoms with van der Waals surface area (Å²) in [7, 11) is 0. The molecule has 2 rings (SSSR count). The highest BCUT2D eigenvalue weighted by Gasteiger charge is 2.09. The third-order valence-corrected chi connectivity index (χ3v) is 3.03. The number of ether oxygens (including phenoxy) is 2. The zero-order valence-corrected chi connectivity index (χ0v) is 14.5. The Labute approximate surface area is 146 Å². The first kappa shape index (κ1) is 18.4. The van der Waals surface area contributed by atoms with Gasteiger partial charge in [0.05, 0.1) is 6.10 Å². The standard InChI is InChI=1S/C19H21FN2O3/c1-13(2)24-16-7-8-17(20)18(11-16)25-19-9-6-15(12-22-19)5-4-10-21-14(3)23/h4-9,11-13H,10H2,1-3H3,(H,21,23)/b5-4+. The molecule has 1 N–H and O–H groups in total. The number of nitrogens with one attached hydrogen (secondary N) is 1. The van der Waals surface area contributed by atoms with Crippen molar-refractivity contribution in [2.24, 2.45) is 0 Å². The van der Waals surface area contributed by atoms with Gasteiger partial charge in [-0.1, -0.05) is 12.2 Å². The van der Waals surface area contributed by atoms with Crippen LogP contribution in [0.2, 0.25) is 0 Å². The summed E-state index contributed by atoms with van der Waals surface area (Å²) in [4.78, 5) is 14.9. The minimum Gasteiger partial charge on any atom is -0.491 e. The molecule has 0 atom stereocenters. The van der Waals surface area contributed by atoms with E-state index >= 15 is 0 Å². The molecule has 0 aliphatic rings. The predicted octanol–water partition coefficient (Wildman–Crippen LogP) is 3.95. The Morgan fingerprint density at radius 1 is 1.32 bits per heavy atom. The number of hydrogen-bond acceptors (Lipinski definition) is 4. The molecule has 5 nitrogen and oxygen atoms in total. The number of halogens is 1. The van der Waals surface area contributed by atoms with Crippen LogP contribution in [0.3, 0.4) is 0 Å². The van der Waals surface area contributed by atoms with E-state index < -0.39 is 5.82 Å². The van der Waals surface area contributed by atoms with E-state index in [0.717, 1.165) is 5.56 Å². The number of carbonyl (C=O) groups is 1. The monoisotopic (exact) mass is 344 g/mol. The molecule has 0 bridgehead atoms. The molecule has 1 aromatic carbocycles. The fourth-order valence-electron chi connectivity index (χ4n) is 1.97. The first-order chi connectivity index (χ1) is 11.9. The molecular weight excluding hydrogens is 323 g/mol. The van der Waals surface area contributed by atoms with Crippen molar-refractivity contribution in [1.29, 1.82) is 0 Å². The highest BCUT2D eigenvalue weighted by Crippen LogP contribution is 2.28. The third kappa shape index (κ3) is 6.25. The van der Waals surface area contributed by atoms with Crippen molar-refractivity contribution in [3.63, 3.8) is 0 Å². The summed E-state index contributed by atoms with van der Waals surface area (Å²) in [5.41, 5.74) is 0.843. The van der Waals surface area contributed by atoms with Crippen LogP contribution < -0.4 is 14.8 Å². The fraction of sp³-hybridized carbons (Fsp3) is 0.263. The molecule has 132 valence electrons. The summed E-state index contributed by atoms with van der Waals surface area (Å²) < 4.78 is 24.9. The van der Waals surface area contributed by atoms with Crippen LogP contribution in [0.4, 0.5) is 4.39 Å². The van der Waals surface area contributed by atoms with Crippen LogP contribution in [0.25, 0.3) is 6.08 Å². The smallest absolute Gasteiger partial charge is 0.219 e. The quantitative estimate of drug-likeness (QED) is 0.826. The Hall–Kier alpha value is -2.89. The molecule has 6 heteroatoms. The maximum atomic E-state index is 13.9. The van der Waals surface area contributed by atoms with E-state index in [4.69, 9.17) is 9.47 Å². The maximum absolute atomic E-state index is 13.9. The lowest BCUT2D eigenvalue weighted by molar-refractivity contribution is -0.118. The van der Waals surface area contributed by atoms with Gasteiger partial charge in [-0.25, -0.2) is 9.37 Å². The van der Waals surface area contributed by atoms with Crippen LogP contribution in [-0.2, 0) is 4.79 Å². The van der Waals surface area contributed by atoms with Gasteiger partial charge in [0.25, 0.3) is 0 Å². The summed E-state index contributed by atoms with van der Waals surface area (Å²) in [6.45, 7) is 5.69. The molecule has 0 radical (unpaired) electrons. The SMILES string of the molecule is CC(=O)NC/C=C/c1ccc(Oc2cc(OC(C)C)ccc2F)nc1. The van der Waals surface area contributed by atoms with Crippen molar-refractivity contribution in [2.75, 3.05) is 6.54 Å². The van der Waals surface area contributed by atoms with Gasteiger partial charge in [-0.15, -0.1) is 0 Å². The number of rotatable bonds is 7. The summed E-state index contributed by atoms with van der Waals surface area (Å²) in [5, 5.41) is 2.66. The minimum absolute atomic E-state index is 0.0139. The lowest BCUT2D eigenvalue weighted by atomic mass is 10.2. The summed E-state index contributed by atoms with van der Waals surface area (Å²) in [6.07, 6.45) is 5.22. The number of pyridine rings is 1. The number of aromatic nitrogens is 1. The van der Waals surface area contributed by atoms with Gasteiger partial charge in [-0.2, -0.15) is 0 Å². The molecule has 0 unspecified atom stereocenters. The van der Waals surface area contributed by atoms with Gasteiger partial charge >= 0.3 is 0 Å². The molecule has 25 heavy (non-hydrogen) atoms. The van der Waals surface area contributed by atoms with Crippen LogP contribution in [0.1, 0.15) is 26.3 Å². The number of carbonyl (C=O) groups excluding carboxylic acids is 1. The van der Waals surface area contributed by atoms with E-state index in [1.54, 1.807) is 24.4 Å². The van der Waals surface area contributed by atoms with Gasteiger partial charge in [0, 0.05) is 31.8 Å². The Kier molecular flexibility index (Phi) is 6.51. The second-order valence-electron chi connectivity index (χ2n) is 5.63. The molecule has 0 saturated heterocycles. The summed E-state index contributed by atoms with van der Waals surface area (Å²) in [5.74, 6) is 0.289. The van der Waals surface area contributed by atoms with E-state index in [0.29, 0.717) is 12.3 Å². The first-order valence-electron chi connectivity index (χ1n) is 7.95. The van der Waals surface area contributed by atoms with E-state index in [1.165, 1.54) is 19.1 Å². The largest absolute Gasteiger partial charge is 0.491 e. The highest BCUT2D eigenvalue weighted by molar-refractivity contribution is 5.73. The zero-order valence-electron chi connectivity index (χ0n) is 14.5.